The van der Waals surface area contributed by atoms with Gasteiger partial charge in [-0.3, -0.25) is 10.1 Å². The minimum Gasteiger partial charge on any atom is -0.370 e. The highest BCUT2D eigenvalue weighted by Gasteiger charge is 2.26. The van der Waals surface area contributed by atoms with E-state index in [1.54, 1.807) is 18.2 Å². The van der Waals surface area contributed by atoms with Gasteiger partial charge in [0.2, 0.25) is 0 Å². The van der Waals surface area contributed by atoms with E-state index in [-0.39, 0.29) is 16.7 Å². The van der Waals surface area contributed by atoms with E-state index in [2.05, 4.69) is 20.8 Å². The van der Waals surface area contributed by atoms with Gasteiger partial charge in [0.05, 0.1) is 10.6 Å². The predicted octanol–water partition coefficient (Wildman–Crippen LogP) is 2.53. The van der Waals surface area contributed by atoms with Crippen molar-refractivity contribution in [2.75, 3.05) is 18.0 Å². The molecular formula is C12H16BrN3O2. The van der Waals surface area contributed by atoms with E-state index >= 15 is 0 Å². The van der Waals surface area contributed by atoms with E-state index in [4.69, 9.17) is 5.73 Å². The number of nitro groups is 1. The summed E-state index contributed by atoms with van der Waals surface area (Å²) in [6, 6.07) is 5.08. The molecule has 0 amide bonds. The molecule has 2 unspecified atom stereocenters. The lowest BCUT2D eigenvalue weighted by molar-refractivity contribution is -0.384. The molecule has 0 saturated carbocycles. The number of non-ortho nitro benzene ring substituents is 1. The predicted molar refractivity (Wildman–Crippen MR) is 74.8 cm³/mol. The molecule has 0 aromatic heterocycles. The van der Waals surface area contributed by atoms with Gasteiger partial charge in [0.15, 0.2) is 0 Å². The van der Waals surface area contributed by atoms with Crippen LogP contribution in [0.1, 0.15) is 13.3 Å². The zero-order chi connectivity index (χ0) is 13.3. The van der Waals surface area contributed by atoms with Crippen LogP contribution in [0.5, 0.6) is 0 Å². The van der Waals surface area contributed by atoms with Crippen molar-refractivity contribution in [3.63, 3.8) is 0 Å². The van der Waals surface area contributed by atoms with Gasteiger partial charge in [-0.1, -0.05) is 0 Å². The Hall–Kier alpha value is -1.14. The molecule has 2 atom stereocenters. The Labute approximate surface area is 114 Å². The monoisotopic (exact) mass is 313 g/mol. The van der Waals surface area contributed by atoms with Gasteiger partial charge in [-0.05, 0) is 41.3 Å². The second-order valence-corrected chi connectivity index (χ2v) is 5.60. The molecule has 1 aromatic rings. The van der Waals surface area contributed by atoms with Gasteiger partial charge in [-0.25, -0.2) is 0 Å². The maximum absolute atomic E-state index is 10.7. The van der Waals surface area contributed by atoms with Crippen molar-refractivity contribution in [3.05, 3.63) is 32.8 Å². The molecule has 1 saturated heterocycles. The highest BCUT2D eigenvalue weighted by Crippen LogP contribution is 2.33. The van der Waals surface area contributed by atoms with Gasteiger partial charge in [0, 0.05) is 35.7 Å². The van der Waals surface area contributed by atoms with E-state index in [0.717, 1.165) is 29.7 Å². The van der Waals surface area contributed by atoms with Crippen LogP contribution < -0.4 is 10.6 Å². The summed E-state index contributed by atoms with van der Waals surface area (Å²) in [5.74, 6) is 0.493. The molecule has 1 aromatic carbocycles. The third-order valence-corrected chi connectivity index (χ3v) is 4.09. The third-order valence-electron chi connectivity index (χ3n) is 3.45. The van der Waals surface area contributed by atoms with Crippen LogP contribution in [0.3, 0.4) is 0 Å². The standard InChI is InChI=1S/C12H16BrN3O2/c1-8(14)9-4-5-15(7-9)12-3-2-10(16(17)18)6-11(12)13/h2-3,6,8-9H,4-5,7,14H2,1H3. The minimum atomic E-state index is -0.386. The van der Waals surface area contributed by atoms with Gasteiger partial charge in [0.1, 0.15) is 0 Å². The largest absolute Gasteiger partial charge is 0.370 e. The van der Waals surface area contributed by atoms with Crippen LogP contribution in [-0.2, 0) is 0 Å². The number of halogens is 1. The molecule has 2 N–H and O–H groups in total. The van der Waals surface area contributed by atoms with Crippen LogP contribution in [0.2, 0.25) is 0 Å². The second kappa shape index (κ2) is 5.24. The van der Waals surface area contributed by atoms with Crippen LogP contribution >= 0.6 is 15.9 Å². The number of anilines is 1. The van der Waals surface area contributed by atoms with E-state index in [0.29, 0.717) is 5.92 Å². The lowest BCUT2D eigenvalue weighted by Gasteiger charge is -2.21. The summed E-state index contributed by atoms with van der Waals surface area (Å²) in [5.41, 5.74) is 7.02. The highest BCUT2D eigenvalue weighted by molar-refractivity contribution is 9.10. The molecule has 2 rings (SSSR count). The summed E-state index contributed by atoms with van der Waals surface area (Å²) in [4.78, 5) is 12.5. The van der Waals surface area contributed by atoms with E-state index in [1.807, 2.05) is 6.92 Å². The number of hydrogen-bond donors (Lipinski definition) is 1. The van der Waals surface area contributed by atoms with Crippen LogP contribution in [0, 0.1) is 16.0 Å². The van der Waals surface area contributed by atoms with Crippen LogP contribution in [0.25, 0.3) is 0 Å². The SMILES string of the molecule is CC(N)C1CCN(c2ccc([N+](=O)[O-])cc2Br)C1. The van der Waals surface area contributed by atoms with E-state index < -0.39 is 0 Å². The van der Waals surface area contributed by atoms with Crippen molar-refractivity contribution < 1.29 is 4.92 Å². The molecule has 0 aliphatic carbocycles. The first-order valence-electron chi connectivity index (χ1n) is 5.93. The average molecular weight is 314 g/mol. The van der Waals surface area contributed by atoms with E-state index in [1.165, 1.54) is 0 Å². The normalized spacial score (nSPS) is 21.1. The maximum atomic E-state index is 10.7. The van der Waals surface area contributed by atoms with Crippen molar-refractivity contribution in [3.8, 4) is 0 Å². The van der Waals surface area contributed by atoms with Crippen molar-refractivity contribution in [1.82, 2.24) is 0 Å². The highest BCUT2D eigenvalue weighted by atomic mass is 79.9. The van der Waals surface area contributed by atoms with Gasteiger partial charge < -0.3 is 10.6 Å². The summed E-state index contributed by atoms with van der Waals surface area (Å²) in [6.07, 6.45) is 1.07. The number of nitro benzene ring substituents is 1. The fraction of sp³-hybridized carbons (Fsp3) is 0.500. The van der Waals surface area contributed by atoms with Crippen LogP contribution in [-0.4, -0.2) is 24.1 Å². The Morgan fingerprint density at radius 1 is 1.61 bits per heavy atom. The Morgan fingerprint density at radius 3 is 2.83 bits per heavy atom. The van der Waals surface area contributed by atoms with E-state index in [9.17, 15) is 10.1 Å². The quantitative estimate of drug-likeness (QED) is 0.687. The average Bonchev–Trinajstić information content (AvgIpc) is 2.78. The van der Waals surface area contributed by atoms with Crippen molar-refractivity contribution in [2.45, 2.75) is 19.4 Å². The number of nitrogens with zero attached hydrogens (tertiary/aromatic N) is 2. The summed E-state index contributed by atoms with van der Waals surface area (Å²) < 4.78 is 0.766. The zero-order valence-corrected chi connectivity index (χ0v) is 11.8. The molecule has 18 heavy (non-hydrogen) atoms. The lowest BCUT2D eigenvalue weighted by atomic mass is 10.0. The Morgan fingerprint density at radius 2 is 2.33 bits per heavy atom. The molecule has 0 radical (unpaired) electrons. The summed E-state index contributed by atoms with van der Waals surface area (Å²) in [7, 11) is 0. The Kier molecular flexibility index (Phi) is 3.87. The van der Waals surface area contributed by atoms with Crippen molar-refractivity contribution >= 4 is 27.3 Å². The third kappa shape index (κ3) is 2.64. The zero-order valence-electron chi connectivity index (χ0n) is 10.2. The van der Waals surface area contributed by atoms with Gasteiger partial charge in [-0.15, -0.1) is 0 Å². The first-order valence-corrected chi connectivity index (χ1v) is 6.73. The summed E-state index contributed by atoms with van der Waals surface area (Å²) in [5, 5.41) is 10.7. The fourth-order valence-corrected chi connectivity index (χ4v) is 2.92. The fourth-order valence-electron chi connectivity index (χ4n) is 2.30. The van der Waals surface area contributed by atoms with Gasteiger partial charge >= 0.3 is 0 Å². The minimum absolute atomic E-state index is 0.105. The molecule has 1 aliphatic rings. The first kappa shape index (κ1) is 13.3. The molecule has 6 heteroatoms. The molecule has 1 fully saturated rings. The van der Waals surface area contributed by atoms with Crippen molar-refractivity contribution in [2.24, 2.45) is 11.7 Å². The second-order valence-electron chi connectivity index (χ2n) is 4.75. The summed E-state index contributed by atoms with van der Waals surface area (Å²) >= 11 is 3.41. The van der Waals surface area contributed by atoms with Gasteiger partial charge in [-0.2, -0.15) is 0 Å². The summed E-state index contributed by atoms with van der Waals surface area (Å²) in [6.45, 7) is 3.88. The topological polar surface area (TPSA) is 72.4 Å². The lowest BCUT2D eigenvalue weighted by Crippen LogP contribution is -2.29. The smallest absolute Gasteiger partial charge is 0.270 e. The molecular weight excluding hydrogens is 298 g/mol. The molecule has 5 nitrogen and oxygen atoms in total. The number of nitrogens with two attached hydrogens (primary N) is 1. The molecule has 1 heterocycles. The molecule has 0 bridgehead atoms. The number of benzene rings is 1. The van der Waals surface area contributed by atoms with Gasteiger partial charge in [0.25, 0.3) is 5.69 Å². The number of rotatable bonds is 3. The first-order chi connectivity index (χ1) is 8.49. The maximum Gasteiger partial charge on any atom is 0.270 e. The van der Waals surface area contributed by atoms with Crippen LogP contribution in [0.4, 0.5) is 11.4 Å². The Bertz CT molecular complexity index is 465. The van der Waals surface area contributed by atoms with Crippen molar-refractivity contribution in [1.29, 1.82) is 0 Å². The van der Waals surface area contributed by atoms with Crippen LogP contribution in [0.15, 0.2) is 22.7 Å². The Balaban J connectivity index is 2.18. The number of hydrogen-bond acceptors (Lipinski definition) is 4. The molecule has 1 aliphatic heterocycles. The molecule has 98 valence electrons. The molecule has 0 spiro atoms.